The Balaban J connectivity index is 3.29. The molecule has 124 valence electrons. The second-order valence-corrected chi connectivity index (χ2v) is 5.90. The maximum absolute atomic E-state index is 10.3. The number of aliphatic hydroxyl groups is 1. The zero-order chi connectivity index (χ0) is 15.8. The van der Waals surface area contributed by atoms with Crippen molar-refractivity contribution in [1.29, 1.82) is 0 Å². The van der Waals surface area contributed by atoms with Crippen LogP contribution in [-0.2, 0) is 4.79 Å². The molecule has 0 aromatic carbocycles. The Morgan fingerprint density at radius 3 is 2.19 bits per heavy atom. The number of hydrogen-bond donors (Lipinski definition) is 2. The van der Waals surface area contributed by atoms with Crippen LogP contribution in [-0.4, -0.2) is 22.3 Å². The molecule has 0 fully saturated rings. The van der Waals surface area contributed by atoms with E-state index in [2.05, 4.69) is 6.92 Å². The molecular weight excluding hydrogens is 264 g/mol. The summed E-state index contributed by atoms with van der Waals surface area (Å²) in [5.74, 6) is -0.728. The van der Waals surface area contributed by atoms with Crippen molar-refractivity contribution >= 4 is 5.97 Å². The number of carboxylic acid groups (broad SMARTS) is 1. The van der Waals surface area contributed by atoms with E-state index in [1.165, 1.54) is 44.9 Å². The van der Waals surface area contributed by atoms with Gasteiger partial charge in [-0.3, -0.25) is 4.79 Å². The molecule has 0 aliphatic heterocycles. The van der Waals surface area contributed by atoms with Gasteiger partial charge in [-0.15, -0.1) is 0 Å². The smallest absolute Gasteiger partial charge is 0.303 e. The Labute approximate surface area is 130 Å². The largest absolute Gasteiger partial charge is 0.481 e. The van der Waals surface area contributed by atoms with Crippen molar-refractivity contribution in [3.05, 3.63) is 12.2 Å². The summed E-state index contributed by atoms with van der Waals surface area (Å²) in [6, 6.07) is 0. The second kappa shape index (κ2) is 15.6. The van der Waals surface area contributed by atoms with Gasteiger partial charge >= 0.3 is 5.97 Å². The number of aliphatic carboxylic acids is 1. The van der Waals surface area contributed by atoms with Crippen LogP contribution in [0.25, 0.3) is 0 Å². The molecule has 0 aliphatic carbocycles. The normalized spacial score (nSPS) is 12.9. The van der Waals surface area contributed by atoms with Crippen molar-refractivity contribution in [3.8, 4) is 0 Å². The topological polar surface area (TPSA) is 57.5 Å². The minimum atomic E-state index is -0.728. The highest BCUT2D eigenvalue weighted by Crippen LogP contribution is 2.11. The maximum atomic E-state index is 10.3. The first kappa shape index (κ1) is 20.2. The Morgan fingerprint density at radius 1 is 0.952 bits per heavy atom. The highest BCUT2D eigenvalue weighted by atomic mass is 16.4. The molecule has 0 spiro atoms. The van der Waals surface area contributed by atoms with Gasteiger partial charge in [-0.25, -0.2) is 0 Å². The van der Waals surface area contributed by atoms with Crippen LogP contribution in [0.5, 0.6) is 0 Å². The minimum Gasteiger partial charge on any atom is -0.481 e. The number of carbonyl (C=O) groups is 1. The molecule has 0 saturated heterocycles. The molecule has 0 amide bonds. The van der Waals surface area contributed by atoms with Gasteiger partial charge < -0.3 is 10.2 Å². The van der Waals surface area contributed by atoms with E-state index in [1.54, 1.807) is 0 Å². The fourth-order valence-electron chi connectivity index (χ4n) is 2.38. The molecule has 3 heteroatoms. The van der Waals surface area contributed by atoms with Gasteiger partial charge in [0, 0.05) is 6.42 Å². The van der Waals surface area contributed by atoms with E-state index >= 15 is 0 Å². The summed E-state index contributed by atoms with van der Waals surface area (Å²) in [7, 11) is 0. The average molecular weight is 298 g/mol. The van der Waals surface area contributed by atoms with Gasteiger partial charge in [0.15, 0.2) is 0 Å². The number of carboxylic acids is 1. The lowest BCUT2D eigenvalue weighted by Gasteiger charge is -2.05. The number of aliphatic hydroxyl groups excluding tert-OH is 1. The summed E-state index contributed by atoms with van der Waals surface area (Å²) in [4.78, 5) is 10.3. The van der Waals surface area contributed by atoms with Gasteiger partial charge in [0.2, 0.25) is 0 Å². The van der Waals surface area contributed by atoms with E-state index in [9.17, 15) is 9.90 Å². The van der Waals surface area contributed by atoms with E-state index in [4.69, 9.17) is 5.11 Å². The molecule has 21 heavy (non-hydrogen) atoms. The predicted molar refractivity (Wildman–Crippen MR) is 88.5 cm³/mol. The van der Waals surface area contributed by atoms with E-state index in [0.717, 1.165) is 25.7 Å². The van der Waals surface area contributed by atoms with Gasteiger partial charge in [0.05, 0.1) is 6.10 Å². The van der Waals surface area contributed by atoms with Crippen molar-refractivity contribution in [2.24, 2.45) is 0 Å². The molecule has 1 unspecified atom stereocenters. The molecule has 1 atom stereocenters. The third-order valence-corrected chi connectivity index (χ3v) is 3.72. The molecule has 0 aromatic heterocycles. The molecule has 3 nitrogen and oxygen atoms in total. The molecule has 0 saturated carbocycles. The molecule has 2 N–H and O–H groups in total. The Bertz CT molecular complexity index is 261. The van der Waals surface area contributed by atoms with Crippen LogP contribution in [0.2, 0.25) is 0 Å². The number of hydrogen-bond acceptors (Lipinski definition) is 2. The van der Waals surface area contributed by atoms with Crippen molar-refractivity contribution in [3.63, 3.8) is 0 Å². The molecular formula is C18H34O3. The molecule has 0 aliphatic rings. The molecule has 0 radical (unpaired) electrons. The van der Waals surface area contributed by atoms with Crippen molar-refractivity contribution < 1.29 is 15.0 Å². The summed E-state index contributed by atoms with van der Waals surface area (Å²) in [6.07, 6.45) is 17.4. The van der Waals surface area contributed by atoms with Crippen LogP contribution < -0.4 is 0 Å². The summed E-state index contributed by atoms with van der Waals surface area (Å²) in [5.41, 5.74) is 0. The highest BCUT2D eigenvalue weighted by Gasteiger charge is 1.99. The standard InChI is InChI=1S/C18H34O3/c1-2-3-4-5-6-7-8-11-14-17(19)15-12-9-10-13-16-18(20)21/h12,15,17,19H,2-11,13-14,16H2,1H3,(H,20,21)/b15-12+. The van der Waals surface area contributed by atoms with Crippen LogP contribution in [0.1, 0.15) is 90.4 Å². The zero-order valence-electron chi connectivity index (χ0n) is 13.7. The van der Waals surface area contributed by atoms with E-state index in [-0.39, 0.29) is 12.5 Å². The van der Waals surface area contributed by atoms with E-state index < -0.39 is 5.97 Å². The molecule has 0 aromatic rings. The lowest BCUT2D eigenvalue weighted by atomic mass is 10.1. The van der Waals surface area contributed by atoms with E-state index in [0.29, 0.717) is 6.42 Å². The summed E-state index contributed by atoms with van der Waals surface area (Å²) < 4.78 is 0. The second-order valence-electron chi connectivity index (χ2n) is 5.90. The van der Waals surface area contributed by atoms with Gasteiger partial charge in [-0.1, -0.05) is 70.4 Å². The molecule has 0 bridgehead atoms. The summed E-state index contributed by atoms with van der Waals surface area (Å²) in [5, 5.41) is 18.3. The van der Waals surface area contributed by atoms with Gasteiger partial charge in [0.1, 0.15) is 0 Å². The number of rotatable bonds is 15. The lowest BCUT2D eigenvalue weighted by molar-refractivity contribution is -0.137. The van der Waals surface area contributed by atoms with Gasteiger partial charge in [-0.05, 0) is 25.7 Å². The zero-order valence-corrected chi connectivity index (χ0v) is 13.7. The minimum absolute atomic E-state index is 0.245. The van der Waals surface area contributed by atoms with Crippen molar-refractivity contribution in [1.82, 2.24) is 0 Å². The summed E-state index contributed by atoms with van der Waals surface area (Å²) >= 11 is 0. The third-order valence-electron chi connectivity index (χ3n) is 3.72. The van der Waals surface area contributed by atoms with Crippen LogP contribution in [0.15, 0.2) is 12.2 Å². The first-order chi connectivity index (χ1) is 10.2. The fraction of sp³-hybridized carbons (Fsp3) is 0.833. The van der Waals surface area contributed by atoms with Crippen LogP contribution in [0.3, 0.4) is 0 Å². The quantitative estimate of drug-likeness (QED) is 0.327. The van der Waals surface area contributed by atoms with Gasteiger partial charge in [-0.2, -0.15) is 0 Å². The first-order valence-corrected chi connectivity index (χ1v) is 8.73. The first-order valence-electron chi connectivity index (χ1n) is 8.73. The molecule has 0 rings (SSSR count). The lowest BCUT2D eigenvalue weighted by Crippen LogP contribution is -2.01. The van der Waals surface area contributed by atoms with Crippen molar-refractivity contribution in [2.45, 2.75) is 96.5 Å². The van der Waals surface area contributed by atoms with Crippen LogP contribution in [0, 0.1) is 0 Å². The van der Waals surface area contributed by atoms with Crippen LogP contribution >= 0.6 is 0 Å². The van der Waals surface area contributed by atoms with Gasteiger partial charge in [0.25, 0.3) is 0 Å². The maximum Gasteiger partial charge on any atom is 0.303 e. The Kier molecular flexibility index (Phi) is 14.9. The van der Waals surface area contributed by atoms with E-state index in [1.807, 2.05) is 12.2 Å². The third kappa shape index (κ3) is 17.1. The Hall–Kier alpha value is -0.830. The SMILES string of the molecule is CCCCCCCCCCC(O)/C=C/CCCCC(=O)O. The summed E-state index contributed by atoms with van der Waals surface area (Å²) in [6.45, 7) is 2.24. The van der Waals surface area contributed by atoms with Crippen LogP contribution in [0.4, 0.5) is 0 Å². The average Bonchev–Trinajstić information content (AvgIpc) is 2.45. The number of unbranched alkanes of at least 4 members (excludes halogenated alkanes) is 9. The highest BCUT2D eigenvalue weighted by molar-refractivity contribution is 5.66. The predicted octanol–water partition coefficient (Wildman–Crippen LogP) is 5.08. The fourth-order valence-corrected chi connectivity index (χ4v) is 2.38. The molecule has 0 heterocycles. The number of allylic oxidation sites excluding steroid dienone is 1. The van der Waals surface area contributed by atoms with Crippen molar-refractivity contribution in [2.75, 3.05) is 0 Å². The Morgan fingerprint density at radius 2 is 1.57 bits per heavy atom. The monoisotopic (exact) mass is 298 g/mol.